The van der Waals surface area contributed by atoms with E-state index in [1.807, 2.05) is 61.5 Å². The highest BCUT2D eigenvalue weighted by Crippen LogP contribution is 2.19. The van der Waals surface area contributed by atoms with Crippen LogP contribution in [0.1, 0.15) is 43.9 Å². The molecule has 0 radical (unpaired) electrons. The molecule has 0 fully saturated rings. The quantitative estimate of drug-likeness (QED) is 0.560. The minimum Gasteiger partial charge on any atom is -0.497 e. The van der Waals surface area contributed by atoms with Gasteiger partial charge in [-0.25, -0.2) is 0 Å². The number of amides is 1. The van der Waals surface area contributed by atoms with Gasteiger partial charge in [0, 0.05) is 11.9 Å². The Kier molecular flexibility index (Phi) is 7.01. The van der Waals surface area contributed by atoms with Crippen molar-refractivity contribution in [2.45, 2.75) is 32.7 Å². The van der Waals surface area contributed by atoms with Crippen LogP contribution in [-0.2, 0) is 4.79 Å². The van der Waals surface area contributed by atoms with Crippen molar-refractivity contribution in [2.75, 3.05) is 12.4 Å². The molecule has 0 spiro atoms. The maximum absolute atomic E-state index is 12.4. The molecule has 0 aliphatic carbocycles. The van der Waals surface area contributed by atoms with Gasteiger partial charge in [0.05, 0.1) is 13.2 Å². The summed E-state index contributed by atoms with van der Waals surface area (Å²) >= 11 is 0. The van der Waals surface area contributed by atoms with E-state index in [1.54, 1.807) is 7.11 Å². The third-order valence-corrected chi connectivity index (χ3v) is 4.29. The van der Waals surface area contributed by atoms with Gasteiger partial charge in [-0.05, 0) is 48.2 Å². The Morgan fingerprint density at radius 2 is 1.63 bits per heavy atom. The third-order valence-electron chi connectivity index (χ3n) is 4.29. The number of methoxy groups -OCH3 is 1. The summed E-state index contributed by atoms with van der Waals surface area (Å²) in [7, 11) is 1.60. The fraction of sp³-hybridized carbons (Fsp3) is 0.273. The molecular weight excluding hydrogens is 338 g/mol. The van der Waals surface area contributed by atoms with Crippen LogP contribution < -0.4 is 15.4 Å². The summed E-state index contributed by atoms with van der Waals surface area (Å²) in [5, 5.41) is 15.2. The SMILES string of the molecule is COc1ccc(C(C)NC(=O)/C(C#N)=C\Nc2ccc(C(C)C)cc2)cc1. The van der Waals surface area contributed by atoms with E-state index in [0.29, 0.717) is 5.92 Å². The van der Waals surface area contributed by atoms with Crippen LogP contribution >= 0.6 is 0 Å². The monoisotopic (exact) mass is 363 g/mol. The normalized spacial score (nSPS) is 12.2. The Morgan fingerprint density at radius 3 is 2.15 bits per heavy atom. The number of hydrogen-bond donors (Lipinski definition) is 2. The molecule has 2 N–H and O–H groups in total. The van der Waals surface area contributed by atoms with Crippen molar-refractivity contribution in [1.82, 2.24) is 5.32 Å². The molecule has 0 aromatic heterocycles. The molecule has 0 aliphatic heterocycles. The maximum Gasteiger partial charge on any atom is 0.263 e. The molecule has 1 atom stereocenters. The van der Waals surface area contributed by atoms with Crippen LogP contribution in [0.3, 0.4) is 0 Å². The zero-order valence-electron chi connectivity index (χ0n) is 16.1. The van der Waals surface area contributed by atoms with Gasteiger partial charge >= 0.3 is 0 Å². The van der Waals surface area contributed by atoms with Gasteiger partial charge < -0.3 is 15.4 Å². The van der Waals surface area contributed by atoms with Crippen molar-refractivity contribution in [3.05, 3.63) is 71.4 Å². The van der Waals surface area contributed by atoms with Crippen molar-refractivity contribution >= 4 is 11.6 Å². The topological polar surface area (TPSA) is 74.1 Å². The van der Waals surface area contributed by atoms with Gasteiger partial charge in [-0.15, -0.1) is 0 Å². The number of rotatable bonds is 7. The Morgan fingerprint density at radius 1 is 1.04 bits per heavy atom. The molecule has 0 heterocycles. The number of benzene rings is 2. The lowest BCUT2D eigenvalue weighted by atomic mass is 10.0. The van der Waals surface area contributed by atoms with Crippen molar-refractivity contribution in [3.63, 3.8) is 0 Å². The Labute approximate surface area is 160 Å². The zero-order chi connectivity index (χ0) is 19.8. The lowest BCUT2D eigenvalue weighted by Crippen LogP contribution is -2.28. The molecule has 1 amide bonds. The third kappa shape index (κ3) is 5.61. The zero-order valence-corrected chi connectivity index (χ0v) is 16.1. The summed E-state index contributed by atoms with van der Waals surface area (Å²) in [6, 6.07) is 17.1. The summed E-state index contributed by atoms with van der Waals surface area (Å²) in [5.74, 6) is 0.782. The predicted molar refractivity (Wildman–Crippen MR) is 107 cm³/mol. The van der Waals surface area contributed by atoms with Crippen LogP contribution in [0.2, 0.25) is 0 Å². The smallest absolute Gasteiger partial charge is 0.263 e. The number of nitriles is 1. The molecule has 2 aromatic carbocycles. The lowest BCUT2D eigenvalue weighted by molar-refractivity contribution is -0.117. The molecule has 5 heteroatoms. The van der Waals surface area contributed by atoms with E-state index in [0.717, 1.165) is 17.0 Å². The fourth-order valence-electron chi connectivity index (χ4n) is 2.52. The molecule has 1 unspecified atom stereocenters. The van der Waals surface area contributed by atoms with Crippen LogP contribution in [0.5, 0.6) is 5.75 Å². The highest BCUT2D eigenvalue weighted by Gasteiger charge is 2.14. The highest BCUT2D eigenvalue weighted by atomic mass is 16.5. The fourth-order valence-corrected chi connectivity index (χ4v) is 2.52. The second-order valence-corrected chi connectivity index (χ2v) is 6.56. The Bertz CT molecular complexity index is 831. The number of carbonyl (C=O) groups is 1. The van der Waals surface area contributed by atoms with Crippen molar-refractivity contribution in [2.24, 2.45) is 0 Å². The number of ether oxygens (including phenoxy) is 1. The molecule has 0 saturated heterocycles. The first-order valence-electron chi connectivity index (χ1n) is 8.86. The minimum absolute atomic E-state index is 0.0169. The number of hydrogen-bond acceptors (Lipinski definition) is 4. The van der Waals surface area contributed by atoms with Gasteiger partial charge in [0.1, 0.15) is 17.4 Å². The molecule has 0 saturated carbocycles. The van der Waals surface area contributed by atoms with Crippen LogP contribution in [0.4, 0.5) is 5.69 Å². The van der Waals surface area contributed by atoms with Crippen molar-refractivity contribution in [1.29, 1.82) is 5.26 Å². The van der Waals surface area contributed by atoms with Gasteiger partial charge in [-0.2, -0.15) is 5.26 Å². The van der Waals surface area contributed by atoms with E-state index in [1.165, 1.54) is 11.8 Å². The van der Waals surface area contributed by atoms with E-state index in [9.17, 15) is 10.1 Å². The summed E-state index contributed by atoms with van der Waals surface area (Å²) < 4.78 is 5.13. The summed E-state index contributed by atoms with van der Waals surface area (Å²) in [6.45, 7) is 6.13. The van der Waals surface area contributed by atoms with Crippen LogP contribution in [0.15, 0.2) is 60.3 Å². The molecular formula is C22H25N3O2. The van der Waals surface area contributed by atoms with E-state index < -0.39 is 5.91 Å². The van der Waals surface area contributed by atoms with Crippen LogP contribution in [0.25, 0.3) is 0 Å². The molecule has 0 bridgehead atoms. The second-order valence-electron chi connectivity index (χ2n) is 6.56. The van der Waals surface area contributed by atoms with Crippen LogP contribution in [-0.4, -0.2) is 13.0 Å². The summed E-state index contributed by atoms with van der Waals surface area (Å²) in [5.41, 5.74) is 3.00. The molecule has 27 heavy (non-hydrogen) atoms. The van der Waals surface area contributed by atoms with Gasteiger partial charge in [-0.3, -0.25) is 4.79 Å². The van der Waals surface area contributed by atoms with E-state index in [4.69, 9.17) is 4.74 Å². The van der Waals surface area contributed by atoms with Crippen molar-refractivity contribution < 1.29 is 9.53 Å². The van der Waals surface area contributed by atoms with Gasteiger partial charge in [-0.1, -0.05) is 38.1 Å². The average Bonchev–Trinajstić information content (AvgIpc) is 2.68. The largest absolute Gasteiger partial charge is 0.497 e. The van der Waals surface area contributed by atoms with Gasteiger partial charge in [0.15, 0.2) is 0 Å². The molecule has 140 valence electrons. The molecule has 2 rings (SSSR count). The van der Waals surface area contributed by atoms with Gasteiger partial charge in [0.2, 0.25) is 0 Å². The maximum atomic E-state index is 12.4. The molecule has 2 aromatic rings. The first-order valence-corrected chi connectivity index (χ1v) is 8.86. The first kappa shape index (κ1) is 20.1. The number of carbonyl (C=O) groups excluding carboxylic acids is 1. The Balaban J connectivity index is 2.01. The van der Waals surface area contributed by atoms with E-state index in [2.05, 4.69) is 24.5 Å². The second kappa shape index (κ2) is 9.44. The highest BCUT2D eigenvalue weighted by molar-refractivity contribution is 5.97. The Hall–Kier alpha value is -3.26. The van der Waals surface area contributed by atoms with E-state index >= 15 is 0 Å². The summed E-state index contributed by atoms with van der Waals surface area (Å²) in [6.07, 6.45) is 1.43. The first-order chi connectivity index (χ1) is 12.9. The minimum atomic E-state index is -0.424. The molecule has 0 aliphatic rings. The predicted octanol–water partition coefficient (Wildman–Crippen LogP) is 4.52. The van der Waals surface area contributed by atoms with Crippen LogP contribution in [0, 0.1) is 11.3 Å². The van der Waals surface area contributed by atoms with Crippen molar-refractivity contribution in [3.8, 4) is 11.8 Å². The summed E-state index contributed by atoms with van der Waals surface area (Å²) in [4.78, 5) is 12.4. The number of nitrogens with one attached hydrogen (secondary N) is 2. The van der Waals surface area contributed by atoms with E-state index in [-0.39, 0.29) is 11.6 Å². The lowest BCUT2D eigenvalue weighted by Gasteiger charge is -2.14. The molecule has 5 nitrogen and oxygen atoms in total. The van der Waals surface area contributed by atoms with Gasteiger partial charge in [0.25, 0.3) is 5.91 Å². The number of anilines is 1. The average molecular weight is 363 g/mol. The standard InChI is InChI=1S/C22H25N3O2/c1-15(2)17-5-9-20(10-6-17)24-14-19(13-23)22(26)25-16(3)18-7-11-21(27-4)12-8-18/h5-12,14-16,24H,1-4H3,(H,25,26)/b19-14-. The number of nitrogens with zero attached hydrogens (tertiary/aromatic N) is 1.